The highest BCUT2D eigenvalue weighted by Crippen LogP contribution is 2.56. The van der Waals surface area contributed by atoms with Crippen molar-refractivity contribution in [1.82, 2.24) is 4.57 Å². The van der Waals surface area contributed by atoms with Gasteiger partial charge in [0.2, 0.25) is 0 Å². The summed E-state index contributed by atoms with van der Waals surface area (Å²) in [6.07, 6.45) is 0. The summed E-state index contributed by atoms with van der Waals surface area (Å²) in [4.78, 5) is 5.06. The molecule has 7 aromatic rings. The number of fused-ring (bicyclic) bond motifs is 7. The Kier molecular flexibility index (Phi) is 5.43. The van der Waals surface area contributed by atoms with Gasteiger partial charge in [-0.2, -0.15) is 0 Å². The maximum atomic E-state index is 2.54. The molecule has 1 aliphatic carbocycles. The summed E-state index contributed by atoms with van der Waals surface area (Å²) in [5.41, 5.74) is 15.2. The van der Waals surface area contributed by atoms with Gasteiger partial charge in [-0.1, -0.05) is 122 Å². The smallest absolute Gasteiger partial charge is 0.251 e. The first-order valence-electron chi connectivity index (χ1n) is 16.5. The van der Waals surface area contributed by atoms with Crippen LogP contribution in [-0.4, -0.2) is 11.3 Å². The molecular formula is C43H32BN3. The molecule has 6 aromatic carbocycles. The van der Waals surface area contributed by atoms with Crippen molar-refractivity contribution in [3.8, 4) is 5.69 Å². The number of hydrogen-bond donors (Lipinski definition) is 0. The molecule has 0 saturated carbocycles. The summed E-state index contributed by atoms with van der Waals surface area (Å²) >= 11 is 0. The molecule has 0 N–H and O–H groups in total. The van der Waals surface area contributed by atoms with Crippen LogP contribution >= 0.6 is 0 Å². The van der Waals surface area contributed by atoms with Crippen molar-refractivity contribution in [2.45, 2.75) is 19.3 Å². The van der Waals surface area contributed by atoms with Gasteiger partial charge in [-0.15, -0.1) is 0 Å². The van der Waals surface area contributed by atoms with Gasteiger partial charge in [-0.05, 0) is 76.5 Å². The Morgan fingerprint density at radius 3 is 1.74 bits per heavy atom. The van der Waals surface area contributed by atoms with E-state index in [-0.39, 0.29) is 12.1 Å². The zero-order valence-corrected chi connectivity index (χ0v) is 26.4. The van der Waals surface area contributed by atoms with Crippen LogP contribution in [0.5, 0.6) is 0 Å². The molecule has 0 bridgehead atoms. The Hall–Kier alpha value is -5.74. The number of anilines is 5. The fourth-order valence-electron chi connectivity index (χ4n) is 8.73. The van der Waals surface area contributed by atoms with Crippen LogP contribution in [0.25, 0.3) is 22.3 Å². The van der Waals surface area contributed by atoms with E-state index in [1.54, 1.807) is 0 Å². The predicted molar refractivity (Wildman–Crippen MR) is 198 cm³/mol. The Morgan fingerprint density at radius 1 is 0.489 bits per heavy atom. The zero-order valence-electron chi connectivity index (χ0n) is 26.4. The van der Waals surface area contributed by atoms with Crippen molar-refractivity contribution in [3.63, 3.8) is 0 Å². The molecule has 0 amide bonds. The molecule has 0 fully saturated rings. The lowest BCUT2D eigenvalue weighted by atomic mass is 9.30. The Bertz CT molecular complexity index is 2390. The maximum absolute atomic E-state index is 2.54. The minimum absolute atomic E-state index is 0.0587. The topological polar surface area (TPSA) is 11.4 Å². The monoisotopic (exact) mass is 601 g/mol. The van der Waals surface area contributed by atoms with E-state index >= 15 is 0 Å². The molecule has 4 heteroatoms. The molecule has 0 atom stereocenters. The van der Waals surface area contributed by atoms with E-state index in [1.807, 2.05) is 0 Å². The lowest BCUT2D eigenvalue weighted by molar-refractivity contribution is 0.666. The lowest BCUT2D eigenvalue weighted by Gasteiger charge is -2.45. The average molecular weight is 602 g/mol. The predicted octanol–water partition coefficient (Wildman–Crippen LogP) is 9.42. The molecule has 10 rings (SSSR count). The van der Waals surface area contributed by atoms with Crippen molar-refractivity contribution in [2.24, 2.45) is 0 Å². The number of para-hydroxylation sites is 4. The van der Waals surface area contributed by atoms with Gasteiger partial charge in [0, 0.05) is 45.1 Å². The molecule has 2 aliphatic heterocycles. The molecule has 3 aliphatic rings. The average Bonchev–Trinajstić information content (AvgIpc) is 3.59. The highest BCUT2D eigenvalue weighted by Gasteiger charge is 2.54. The normalized spacial score (nSPS) is 15.4. The fourth-order valence-corrected chi connectivity index (χ4v) is 8.73. The van der Waals surface area contributed by atoms with Crippen LogP contribution in [0.2, 0.25) is 0 Å². The van der Waals surface area contributed by atoms with E-state index in [9.17, 15) is 0 Å². The third kappa shape index (κ3) is 3.47. The van der Waals surface area contributed by atoms with Crippen LogP contribution < -0.4 is 20.7 Å². The Balaban J connectivity index is 1.41. The van der Waals surface area contributed by atoms with Crippen molar-refractivity contribution < 1.29 is 0 Å². The van der Waals surface area contributed by atoms with Gasteiger partial charge in [0.15, 0.2) is 0 Å². The third-order valence-corrected chi connectivity index (χ3v) is 10.6. The van der Waals surface area contributed by atoms with Crippen LogP contribution in [0.15, 0.2) is 163 Å². The molecule has 0 saturated heterocycles. The van der Waals surface area contributed by atoms with Gasteiger partial charge in [-0.3, -0.25) is 9.47 Å². The minimum Gasteiger partial charge on any atom is -0.311 e. The van der Waals surface area contributed by atoms with E-state index < -0.39 is 0 Å². The van der Waals surface area contributed by atoms with Crippen molar-refractivity contribution in [2.75, 3.05) is 9.80 Å². The first-order valence-corrected chi connectivity index (χ1v) is 16.5. The summed E-state index contributed by atoms with van der Waals surface area (Å²) in [5, 5.41) is 1.30. The van der Waals surface area contributed by atoms with E-state index in [1.165, 1.54) is 67.0 Å². The largest absolute Gasteiger partial charge is 0.311 e. The number of rotatable bonds is 3. The van der Waals surface area contributed by atoms with Crippen LogP contribution in [0.4, 0.5) is 28.6 Å². The summed E-state index contributed by atoms with van der Waals surface area (Å²) in [6, 6.07) is 57.7. The first-order chi connectivity index (χ1) is 23.1. The first kappa shape index (κ1) is 26.5. The maximum Gasteiger partial charge on any atom is 0.251 e. The highest BCUT2D eigenvalue weighted by molar-refractivity contribution is 6.97. The van der Waals surface area contributed by atoms with Crippen molar-refractivity contribution >= 4 is 62.8 Å². The van der Waals surface area contributed by atoms with Gasteiger partial charge in [0.05, 0.1) is 5.52 Å². The summed E-state index contributed by atoms with van der Waals surface area (Å²) in [7, 11) is 0. The van der Waals surface area contributed by atoms with E-state index in [4.69, 9.17) is 0 Å². The van der Waals surface area contributed by atoms with Crippen LogP contribution in [0, 0.1) is 0 Å². The molecule has 0 spiro atoms. The SMILES string of the molecule is CC1(C)C2=C(c3ccccc31)N(c1ccccc1)c1cccc3c1B2c1c(n(-c2ccccc2)c2ccccc12)N3c1ccccc1. The van der Waals surface area contributed by atoms with Crippen LogP contribution in [0.1, 0.15) is 25.0 Å². The fraction of sp³-hybridized carbons (Fsp3) is 0.0698. The molecule has 3 heterocycles. The van der Waals surface area contributed by atoms with Crippen molar-refractivity contribution in [3.05, 3.63) is 174 Å². The molecule has 47 heavy (non-hydrogen) atoms. The van der Waals surface area contributed by atoms with Gasteiger partial charge >= 0.3 is 0 Å². The van der Waals surface area contributed by atoms with Crippen LogP contribution in [-0.2, 0) is 5.41 Å². The molecule has 0 radical (unpaired) electrons. The second-order valence-electron chi connectivity index (χ2n) is 13.3. The third-order valence-electron chi connectivity index (χ3n) is 10.6. The molecule has 1 aromatic heterocycles. The van der Waals surface area contributed by atoms with Gasteiger partial charge in [0.25, 0.3) is 6.71 Å². The lowest BCUT2D eigenvalue weighted by Crippen LogP contribution is -2.57. The van der Waals surface area contributed by atoms with E-state index in [0.717, 1.165) is 11.4 Å². The molecular weight excluding hydrogens is 569 g/mol. The second-order valence-corrected chi connectivity index (χ2v) is 13.3. The number of hydrogen-bond acceptors (Lipinski definition) is 2. The summed E-state index contributed by atoms with van der Waals surface area (Å²) < 4.78 is 2.49. The summed E-state index contributed by atoms with van der Waals surface area (Å²) in [6.45, 7) is 4.93. The number of aromatic nitrogens is 1. The molecule has 0 unspecified atom stereocenters. The Labute approximate surface area is 275 Å². The quantitative estimate of drug-likeness (QED) is 0.187. The zero-order chi connectivity index (χ0) is 31.3. The van der Waals surface area contributed by atoms with E-state index in [2.05, 4.69) is 186 Å². The number of nitrogens with zero attached hydrogens (tertiary/aromatic N) is 3. The highest BCUT2D eigenvalue weighted by atomic mass is 15.3. The Morgan fingerprint density at radius 2 is 1.04 bits per heavy atom. The van der Waals surface area contributed by atoms with Crippen LogP contribution in [0.3, 0.4) is 0 Å². The minimum atomic E-state index is -0.198. The van der Waals surface area contributed by atoms with Crippen molar-refractivity contribution in [1.29, 1.82) is 0 Å². The second kappa shape index (κ2) is 9.64. The number of allylic oxidation sites excluding steroid dienone is 1. The van der Waals surface area contributed by atoms with Gasteiger partial charge in [0.1, 0.15) is 5.82 Å². The van der Waals surface area contributed by atoms with E-state index in [0.29, 0.717) is 0 Å². The van der Waals surface area contributed by atoms with Gasteiger partial charge in [-0.25, -0.2) is 0 Å². The van der Waals surface area contributed by atoms with Gasteiger partial charge < -0.3 is 4.90 Å². The summed E-state index contributed by atoms with van der Waals surface area (Å²) in [5.74, 6) is 1.21. The standard InChI is InChI=1S/C43H32BN3/c1-43(2)34-25-14-12-23-32(34)40-41(43)44-38-33-24-13-15-26-35(33)46(30-19-8-4-9-20-30)42(38)47(31-21-10-5-11-22-31)37-28-16-27-36(39(37)44)45(40)29-17-6-3-7-18-29/h3-28H,1-2H3. The molecule has 3 nitrogen and oxygen atoms in total. The molecule has 222 valence electrons. The number of benzene rings is 6.